The molecule has 0 bridgehead atoms. The Kier molecular flexibility index (Phi) is 7.80. The molecule has 1 aromatic heterocycles. The minimum Gasteiger partial charge on any atom is -0.497 e. The van der Waals surface area contributed by atoms with E-state index in [2.05, 4.69) is 4.98 Å². The van der Waals surface area contributed by atoms with Gasteiger partial charge in [0.25, 0.3) is 0 Å². The molecule has 1 heterocycles. The number of hydrogen-bond donors (Lipinski definition) is 1. The van der Waals surface area contributed by atoms with E-state index in [1.165, 1.54) is 7.11 Å². The topological polar surface area (TPSA) is 68.7 Å². The fourth-order valence-electron chi connectivity index (χ4n) is 3.91. The quantitative estimate of drug-likeness (QED) is 0.286. The second-order valence-electron chi connectivity index (χ2n) is 8.15. The largest absolute Gasteiger partial charge is 0.497 e. The van der Waals surface area contributed by atoms with Crippen LogP contribution in [0.1, 0.15) is 45.3 Å². The number of pyridine rings is 1. The van der Waals surface area contributed by atoms with Crippen LogP contribution in [0.5, 0.6) is 5.75 Å². The molecular formula is C29H26ClNO4. The Bertz CT molecular complexity index is 1380. The van der Waals surface area contributed by atoms with Gasteiger partial charge in [0.05, 0.1) is 37.1 Å². The van der Waals surface area contributed by atoms with E-state index in [-0.39, 0.29) is 0 Å². The van der Waals surface area contributed by atoms with E-state index in [1.54, 1.807) is 19.2 Å². The molecule has 4 aromatic rings. The van der Waals surface area contributed by atoms with Crippen molar-refractivity contribution >= 4 is 40.6 Å². The molecule has 0 aliphatic heterocycles. The van der Waals surface area contributed by atoms with Gasteiger partial charge in [0.15, 0.2) is 0 Å². The SMILES string of the molecule is COC(=O)c1cc(OC)ccc1CCC(O)c1cccc(/C=C/c2ccc3ccc(Cl)cc3n2)c1. The molecule has 6 heteroatoms. The number of benzene rings is 3. The molecule has 0 amide bonds. The van der Waals surface area contributed by atoms with Crippen LogP contribution in [0.25, 0.3) is 23.1 Å². The van der Waals surface area contributed by atoms with E-state index >= 15 is 0 Å². The monoisotopic (exact) mass is 487 g/mol. The van der Waals surface area contributed by atoms with Gasteiger partial charge >= 0.3 is 5.97 Å². The fraction of sp³-hybridized carbons (Fsp3) is 0.172. The number of fused-ring (bicyclic) bond motifs is 1. The van der Waals surface area contributed by atoms with E-state index in [9.17, 15) is 9.90 Å². The summed E-state index contributed by atoms with van der Waals surface area (Å²) < 4.78 is 10.1. The summed E-state index contributed by atoms with van der Waals surface area (Å²) in [7, 11) is 2.90. The van der Waals surface area contributed by atoms with Crippen LogP contribution in [-0.2, 0) is 11.2 Å². The molecule has 0 fully saturated rings. The Morgan fingerprint density at radius 2 is 1.86 bits per heavy atom. The van der Waals surface area contributed by atoms with Gasteiger partial charge in [0, 0.05) is 10.4 Å². The molecule has 0 spiro atoms. The number of halogens is 1. The molecule has 5 nitrogen and oxygen atoms in total. The predicted molar refractivity (Wildman–Crippen MR) is 140 cm³/mol. The average Bonchev–Trinajstić information content (AvgIpc) is 2.89. The second kappa shape index (κ2) is 11.2. The zero-order chi connectivity index (χ0) is 24.8. The van der Waals surface area contributed by atoms with Gasteiger partial charge in [0.2, 0.25) is 0 Å². The van der Waals surface area contributed by atoms with Crippen molar-refractivity contribution in [2.45, 2.75) is 18.9 Å². The Morgan fingerprint density at radius 1 is 1.03 bits per heavy atom. The summed E-state index contributed by atoms with van der Waals surface area (Å²) in [6.45, 7) is 0. The van der Waals surface area contributed by atoms with E-state index in [0.717, 1.165) is 33.3 Å². The van der Waals surface area contributed by atoms with Crippen molar-refractivity contribution in [1.82, 2.24) is 4.98 Å². The van der Waals surface area contributed by atoms with Gasteiger partial charge in [-0.15, -0.1) is 0 Å². The van der Waals surface area contributed by atoms with Crippen molar-refractivity contribution in [1.29, 1.82) is 0 Å². The molecule has 3 aromatic carbocycles. The van der Waals surface area contributed by atoms with Gasteiger partial charge in [0.1, 0.15) is 5.75 Å². The lowest BCUT2D eigenvalue weighted by Gasteiger charge is -2.14. The molecule has 0 radical (unpaired) electrons. The maximum Gasteiger partial charge on any atom is 0.338 e. The fourth-order valence-corrected chi connectivity index (χ4v) is 4.08. The number of hydrogen-bond acceptors (Lipinski definition) is 5. The summed E-state index contributed by atoms with van der Waals surface area (Å²) in [5.74, 6) is 0.156. The lowest BCUT2D eigenvalue weighted by molar-refractivity contribution is 0.0598. The van der Waals surface area contributed by atoms with Crippen molar-refractivity contribution in [2.24, 2.45) is 0 Å². The minimum atomic E-state index is -0.683. The summed E-state index contributed by atoms with van der Waals surface area (Å²) >= 11 is 6.09. The Balaban J connectivity index is 1.47. The third kappa shape index (κ3) is 6.07. The van der Waals surface area contributed by atoms with Crippen LogP contribution in [0.15, 0.2) is 72.8 Å². The second-order valence-corrected chi connectivity index (χ2v) is 8.58. The summed E-state index contributed by atoms with van der Waals surface area (Å²) in [6, 6.07) is 22.7. The maximum atomic E-state index is 12.2. The third-order valence-corrected chi connectivity index (χ3v) is 6.06. The Labute approximate surface area is 209 Å². The molecule has 0 aliphatic rings. The molecule has 1 unspecified atom stereocenters. The minimum absolute atomic E-state index is 0.426. The van der Waals surface area contributed by atoms with E-state index in [1.807, 2.05) is 72.8 Å². The third-order valence-electron chi connectivity index (χ3n) is 5.83. The van der Waals surface area contributed by atoms with Crippen LogP contribution in [0.2, 0.25) is 5.02 Å². The highest BCUT2D eigenvalue weighted by Gasteiger charge is 2.15. The highest BCUT2D eigenvalue weighted by Crippen LogP contribution is 2.25. The molecule has 178 valence electrons. The molecule has 1 N–H and O–H groups in total. The molecule has 35 heavy (non-hydrogen) atoms. The van der Waals surface area contributed by atoms with Crippen LogP contribution in [0.4, 0.5) is 0 Å². The van der Waals surface area contributed by atoms with Gasteiger partial charge in [-0.3, -0.25) is 0 Å². The number of aromatic nitrogens is 1. The standard InChI is InChI=1S/C29H26ClNO4/c1-34-25-14-9-20(26(18-25)29(33)35-2)10-15-28(32)22-5-3-4-19(16-22)6-12-24-13-8-21-7-11-23(30)17-27(21)31-24/h3-9,11-14,16-18,28,32H,10,15H2,1-2H3/b12-6+. The number of rotatable bonds is 8. The summed E-state index contributed by atoms with van der Waals surface area (Å²) in [5, 5.41) is 12.5. The number of carbonyl (C=O) groups excluding carboxylic acids is 1. The first-order valence-corrected chi connectivity index (χ1v) is 11.6. The van der Waals surface area contributed by atoms with E-state index in [4.69, 9.17) is 21.1 Å². The number of methoxy groups -OCH3 is 2. The van der Waals surface area contributed by atoms with E-state index < -0.39 is 12.1 Å². The van der Waals surface area contributed by atoms with Crippen molar-refractivity contribution in [2.75, 3.05) is 14.2 Å². The normalized spacial score (nSPS) is 12.1. The van der Waals surface area contributed by atoms with Crippen molar-refractivity contribution in [3.8, 4) is 5.75 Å². The number of aryl methyl sites for hydroxylation is 1. The molecule has 0 saturated heterocycles. The summed E-state index contributed by atoms with van der Waals surface area (Å²) in [6.07, 6.45) is 4.19. The lowest BCUT2D eigenvalue weighted by Crippen LogP contribution is -2.08. The zero-order valence-electron chi connectivity index (χ0n) is 19.6. The van der Waals surface area contributed by atoms with Crippen LogP contribution >= 0.6 is 11.6 Å². The Hall–Kier alpha value is -3.67. The molecule has 1 atom stereocenters. The highest BCUT2D eigenvalue weighted by atomic mass is 35.5. The van der Waals surface area contributed by atoms with Crippen LogP contribution in [0.3, 0.4) is 0 Å². The van der Waals surface area contributed by atoms with Crippen molar-refractivity contribution < 1.29 is 19.4 Å². The van der Waals surface area contributed by atoms with Crippen LogP contribution in [-0.4, -0.2) is 30.3 Å². The van der Waals surface area contributed by atoms with Gasteiger partial charge in [-0.05, 0) is 72.0 Å². The highest BCUT2D eigenvalue weighted by molar-refractivity contribution is 6.31. The van der Waals surface area contributed by atoms with Gasteiger partial charge < -0.3 is 14.6 Å². The number of nitrogens with zero attached hydrogens (tertiary/aromatic N) is 1. The zero-order valence-corrected chi connectivity index (χ0v) is 20.3. The average molecular weight is 488 g/mol. The summed E-state index contributed by atoms with van der Waals surface area (Å²) in [4.78, 5) is 16.8. The first-order valence-electron chi connectivity index (χ1n) is 11.2. The first-order chi connectivity index (χ1) is 17.0. The summed E-state index contributed by atoms with van der Waals surface area (Å²) in [5.41, 5.74) is 4.66. The van der Waals surface area contributed by atoms with Crippen molar-refractivity contribution in [3.63, 3.8) is 0 Å². The smallest absolute Gasteiger partial charge is 0.338 e. The number of ether oxygens (including phenoxy) is 2. The molecule has 0 saturated carbocycles. The van der Waals surface area contributed by atoms with Gasteiger partial charge in [-0.2, -0.15) is 0 Å². The molecule has 0 aliphatic carbocycles. The number of carbonyl (C=O) groups is 1. The number of aliphatic hydroxyl groups is 1. The lowest BCUT2D eigenvalue weighted by atomic mass is 9.97. The first kappa shape index (κ1) is 24.5. The predicted octanol–water partition coefficient (Wildman–Crippen LogP) is 6.52. The van der Waals surface area contributed by atoms with E-state index in [0.29, 0.717) is 29.2 Å². The van der Waals surface area contributed by atoms with Crippen LogP contribution < -0.4 is 4.74 Å². The number of aliphatic hydroxyl groups excluding tert-OH is 1. The maximum absolute atomic E-state index is 12.2. The van der Waals surface area contributed by atoms with Gasteiger partial charge in [-0.25, -0.2) is 9.78 Å². The van der Waals surface area contributed by atoms with Gasteiger partial charge in [-0.1, -0.05) is 54.1 Å². The Morgan fingerprint density at radius 3 is 2.66 bits per heavy atom. The molecular weight excluding hydrogens is 462 g/mol. The molecule has 4 rings (SSSR count). The van der Waals surface area contributed by atoms with Crippen molar-refractivity contribution in [3.05, 3.63) is 106 Å². The number of esters is 1. The van der Waals surface area contributed by atoms with Crippen LogP contribution in [0, 0.1) is 0 Å².